The highest BCUT2D eigenvalue weighted by Crippen LogP contribution is 2.27. The van der Waals surface area contributed by atoms with Crippen LogP contribution >= 0.6 is 0 Å². The molecule has 1 fully saturated rings. The summed E-state index contributed by atoms with van der Waals surface area (Å²) in [6.07, 6.45) is 2.47. The van der Waals surface area contributed by atoms with Crippen molar-refractivity contribution in [2.45, 2.75) is 26.7 Å². The van der Waals surface area contributed by atoms with E-state index in [0.29, 0.717) is 24.7 Å². The monoisotopic (exact) mass is 397 g/mol. The molecule has 0 bridgehead atoms. The Morgan fingerprint density at radius 2 is 1.83 bits per heavy atom. The van der Waals surface area contributed by atoms with Crippen molar-refractivity contribution in [3.8, 4) is 11.5 Å². The van der Waals surface area contributed by atoms with Crippen molar-refractivity contribution in [3.05, 3.63) is 48.0 Å². The smallest absolute Gasteiger partial charge is 0.319 e. The summed E-state index contributed by atoms with van der Waals surface area (Å²) in [6, 6.07) is 13.5. The molecule has 0 aromatic heterocycles. The molecule has 2 aromatic carbocycles. The summed E-state index contributed by atoms with van der Waals surface area (Å²) >= 11 is 0. The van der Waals surface area contributed by atoms with E-state index in [1.54, 1.807) is 7.11 Å². The molecule has 0 aliphatic carbocycles. The second kappa shape index (κ2) is 10.0. The van der Waals surface area contributed by atoms with Gasteiger partial charge in [-0.2, -0.15) is 0 Å². The van der Waals surface area contributed by atoms with Crippen LogP contribution in [0, 0.1) is 12.8 Å². The van der Waals surface area contributed by atoms with Crippen LogP contribution in [0.15, 0.2) is 42.5 Å². The highest BCUT2D eigenvalue weighted by molar-refractivity contribution is 5.89. The molecule has 29 heavy (non-hydrogen) atoms. The molecule has 0 saturated carbocycles. The van der Waals surface area contributed by atoms with Gasteiger partial charge in [-0.05, 0) is 67.6 Å². The zero-order valence-electron chi connectivity index (χ0n) is 17.5. The van der Waals surface area contributed by atoms with Crippen LogP contribution in [-0.4, -0.2) is 39.4 Å². The van der Waals surface area contributed by atoms with Crippen LogP contribution in [0.25, 0.3) is 0 Å². The van der Waals surface area contributed by atoms with E-state index < -0.39 is 0 Å². The molecule has 6 heteroatoms. The highest BCUT2D eigenvalue weighted by Gasteiger charge is 2.15. The van der Waals surface area contributed by atoms with Gasteiger partial charge in [0.25, 0.3) is 0 Å². The van der Waals surface area contributed by atoms with Crippen LogP contribution in [0.1, 0.15) is 25.3 Å². The number of hydrogen-bond acceptors (Lipinski definition) is 4. The minimum atomic E-state index is -0.246. The summed E-state index contributed by atoms with van der Waals surface area (Å²) in [5.41, 5.74) is 3.09. The van der Waals surface area contributed by atoms with Gasteiger partial charge < -0.3 is 25.0 Å². The predicted octanol–water partition coefficient (Wildman–Crippen LogP) is 4.44. The van der Waals surface area contributed by atoms with E-state index in [2.05, 4.69) is 34.6 Å². The van der Waals surface area contributed by atoms with E-state index in [1.807, 2.05) is 37.3 Å². The van der Waals surface area contributed by atoms with Gasteiger partial charge in [0, 0.05) is 24.5 Å². The number of carbonyl (C=O) groups excluding carboxylic acids is 1. The van der Waals surface area contributed by atoms with Gasteiger partial charge in [-0.15, -0.1) is 0 Å². The van der Waals surface area contributed by atoms with E-state index in [4.69, 9.17) is 9.47 Å². The van der Waals surface area contributed by atoms with Gasteiger partial charge in [0.05, 0.1) is 13.7 Å². The van der Waals surface area contributed by atoms with Crippen molar-refractivity contribution in [2.24, 2.45) is 5.92 Å². The molecule has 1 heterocycles. The Morgan fingerprint density at radius 3 is 2.52 bits per heavy atom. The second-order valence-electron chi connectivity index (χ2n) is 7.60. The summed E-state index contributed by atoms with van der Waals surface area (Å²) < 4.78 is 11.0. The number of benzene rings is 2. The van der Waals surface area contributed by atoms with Gasteiger partial charge in [0.15, 0.2) is 11.5 Å². The first kappa shape index (κ1) is 20.8. The van der Waals surface area contributed by atoms with E-state index in [1.165, 1.54) is 18.5 Å². The molecule has 1 aliphatic rings. The lowest BCUT2D eigenvalue weighted by Gasteiger charge is -2.32. The number of urea groups is 1. The third-order valence-electron chi connectivity index (χ3n) is 5.24. The summed E-state index contributed by atoms with van der Waals surface area (Å²) in [6.45, 7) is 7.26. The van der Waals surface area contributed by atoms with Gasteiger partial charge >= 0.3 is 6.03 Å². The van der Waals surface area contributed by atoms with Crippen molar-refractivity contribution in [2.75, 3.05) is 43.6 Å². The molecule has 2 aromatic rings. The first-order chi connectivity index (χ1) is 14.0. The van der Waals surface area contributed by atoms with Gasteiger partial charge in [-0.3, -0.25) is 0 Å². The molecule has 0 atom stereocenters. The highest BCUT2D eigenvalue weighted by atomic mass is 16.5. The third-order valence-corrected chi connectivity index (χ3v) is 5.24. The van der Waals surface area contributed by atoms with Crippen LogP contribution in [0.3, 0.4) is 0 Å². The van der Waals surface area contributed by atoms with Crippen LogP contribution in [-0.2, 0) is 0 Å². The van der Waals surface area contributed by atoms with Crippen LogP contribution in [0.4, 0.5) is 16.2 Å². The Hall–Kier alpha value is -2.89. The molecule has 1 aliphatic heterocycles. The molecule has 0 spiro atoms. The van der Waals surface area contributed by atoms with Crippen LogP contribution in [0.2, 0.25) is 0 Å². The Bertz CT molecular complexity index is 800. The Kier molecular flexibility index (Phi) is 7.22. The van der Waals surface area contributed by atoms with Crippen LogP contribution in [0.5, 0.6) is 11.5 Å². The average Bonchev–Trinajstić information content (AvgIpc) is 2.73. The number of rotatable bonds is 7. The maximum absolute atomic E-state index is 12.1. The summed E-state index contributed by atoms with van der Waals surface area (Å²) in [5, 5.41) is 5.67. The van der Waals surface area contributed by atoms with E-state index in [0.717, 1.165) is 30.3 Å². The molecular formula is C23H31N3O3. The molecule has 2 N–H and O–H groups in total. The largest absolute Gasteiger partial charge is 0.493 e. The topological polar surface area (TPSA) is 62.8 Å². The number of hydrogen-bond donors (Lipinski definition) is 2. The van der Waals surface area contributed by atoms with E-state index in [9.17, 15) is 4.79 Å². The van der Waals surface area contributed by atoms with Gasteiger partial charge in [0.2, 0.25) is 0 Å². The summed E-state index contributed by atoms with van der Waals surface area (Å²) in [4.78, 5) is 14.5. The molecule has 3 rings (SSSR count). The van der Waals surface area contributed by atoms with Crippen molar-refractivity contribution >= 4 is 17.4 Å². The average molecular weight is 398 g/mol. The first-order valence-electron chi connectivity index (χ1n) is 10.2. The number of nitrogens with one attached hydrogen (secondary N) is 2. The quantitative estimate of drug-likeness (QED) is 0.678. The second-order valence-corrected chi connectivity index (χ2v) is 7.60. The fraction of sp³-hybridized carbons (Fsp3) is 0.435. The Balaban J connectivity index is 1.40. The zero-order valence-corrected chi connectivity index (χ0v) is 17.5. The number of piperidine rings is 1. The lowest BCUT2D eigenvalue weighted by Crippen LogP contribution is -2.33. The number of carbonyl (C=O) groups is 1. The van der Waals surface area contributed by atoms with Gasteiger partial charge in [0.1, 0.15) is 6.61 Å². The number of ether oxygens (including phenoxy) is 2. The molecule has 0 unspecified atom stereocenters. The zero-order chi connectivity index (χ0) is 20.6. The number of aryl methyl sites for hydroxylation is 1. The Labute approximate surface area is 173 Å². The lowest BCUT2D eigenvalue weighted by molar-refractivity contribution is 0.246. The number of nitrogens with zero attached hydrogens (tertiary/aromatic N) is 1. The molecular weight excluding hydrogens is 366 g/mol. The molecule has 0 radical (unpaired) electrons. The van der Waals surface area contributed by atoms with Crippen molar-refractivity contribution < 1.29 is 14.3 Å². The predicted molar refractivity (Wildman–Crippen MR) is 117 cm³/mol. The van der Waals surface area contributed by atoms with Crippen molar-refractivity contribution in [3.63, 3.8) is 0 Å². The molecule has 2 amide bonds. The van der Waals surface area contributed by atoms with Crippen molar-refractivity contribution in [1.82, 2.24) is 5.32 Å². The van der Waals surface area contributed by atoms with Gasteiger partial charge in [-0.25, -0.2) is 4.79 Å². The number of methoxy groups -OCH3 is 1. The minimum Gasteiger partial charge on any atom is -0.493 e. The fourth-order valence-electron chi connectivity index (χ4n) is 3.42. The summed E-state index contributed by atoms with van der Waals surface area (Å²) in [7, 11) is 1.62. The molecule has 6 nitrogen and oxygen atoms in total. The number of anilines is 2. The first-order valence-corrected chi connectivity index (χ1v) is 10.2. The Morgan fingerprint density at radius 1 is 1.10 bits per heavy atom. The summed E-state index contributed by atoms with van der Waals surface area (Å²) in [5.74, 6) is 2.17. The van der Waals surface area contributed by atoms with Crippen LogP contribution < -0.4 is 25.0 Å². The fourth-order valence-corrected chi connectivity index (χ4v) is 3.42. The normalized spacial score (nSPS) is 14.4. The van der Waals surface area contributed by atoms with Gasteiger partial charge in [-0.1, -0.05) is 13.0 Å². The van der Waals surface area contributed by atoms with Crippen molar-refractivity contribution in [1.29, 1.82) is 0 Å². The molecule has 156 valence electrons. The minimum absolute atomic E-state index is 0.246. The molecule has 1 saturated heterocycles. The number of amides is 2. The maximum atomic E-state index is 12.1. The van der Waals surface area contributed by atoms with E-state index in [-0.39, 0.29) is 6.03 Å². The standard InChI is InChI=1S/C23H31N3O3/c1-17-10-13-26(14-11-17)20-7-5-19(6-8-20)25-23(27)24-12-15-29-21-9-4-18(2)16-22(21)28-3/h4-9,16-17H,10-15H2,1-3H3,(H2,24,25,27). The SMILES string of the molecule is COc1cc(C)ccc1OCCNC(=O)Nc1ccc(N2CCC(C)CC2)cc1. The maximum Gasteiger partial charge on any atom is 0.319 e. The van der Waals surface area contributed by atoms with E-state index >= 15 is 0 Å². The third kappa shape index (κ3) is 6.04. The lowest BCUT2D eigenvalue weighted by atomic mass is 9.99.